The second-order valence-corrected chi connectivity index (χ2v) is 13.0. The Labute approximate surface area is 241 Å². The molecular weight excluding hydrogens is 550 g/mol. The molecule has 0 aromatic heterocycles. The lowest BCUT2D eigenvalue weighted by molar-refractivity contribution is -0.145. The monoisotopic (exact) mass is 589 g/mol. The average molecular weight is 590 g/mol. The number of cyclic esters (lactones) is 1. The Hall–Kier alpha value is -3.19. The van der Waals surface area contributed by atoms with Gasteiger partial charge in [0.05, 0.1) is 24.2 Å². The third-order valence-electron chi connectivity index (χ3n) is 7.53. The van der Waals surface area contributed by atoms with E-state index in [2.05, 4.69) is 10.0 Å². The number of hydrogen-bond donors (Lipinski definition) is 3. The minimum Gasteiger partial charge on any atom is -0.497 e. The van der Waals surface area contributed by atoms with E-state index in [1.165, 1.54) is 19.2 Å². The number of alkyl carbamates (subject to hydrolysis) is 1. The van der Waals surface area contributed by atoms with Crippen molar-refractivity contribution in [2.24, 2.45) is 5.41 Å². The van der Waals surface area contributed by atoms with Crippen molar-refractivity contribution in [1.29, 1.82) is 0 Å². The molecule has 2 saturated heterocycles. The fourth-order valence-electron chi connectivity index (χ4n) is 5.05. The number of sulfonamides is 1. The van der Waals surface area contributed by atoms with Crippen LogP contribution in [0.4, 0.5) is 4.79 Å². The van der Waals surface area contributed by atoms with Crippen LogP contribution in [-0.4, -0.2) is 88.1 Å². The molecule has 0 saturated carbocycles. The first-order chi connectivity index (χ1) is 19.5. The molecule has 1 amide bonds. The molecule has 224 valence electrons. The Morgan fingerprint density at radius 3 is 2.37 bits per heavy atom. The zero-order valence-electron chi connectivity index (χ0n) is 23.6. The van der Waals surface area contributed by atoms with Crippen molar-refractivity contribution in [2.75, 3.05) is 33.4 Å². The van der Waals surface area contributed by atoms with Gasteiger partial charge in [0.2, 0.25) is 16.1 Å². The molecule has 2 aromatic rings. The van der Waals surface area contributed by atoms with E-state index in [4.69, 9.17) is 14.2 Å². The minimum atomic E-state index is -3.68. The number of β-amino-alcohol motifs (C(OH)–C–C–N with tert-alkyl or cyclic N) is 1. The summed E-state index contributed by atoms with van der Waals surface area (Å²) in [6, 6.07) is 14.8. The number of carbonyl (C=O) groups excluding carboxylic acids is 2. The fraction of sp³-hybridized carbons (Fsp3) is 0.517. The van der Waals surface area contributed by atoms with Crippen molar-refractivity contribution in [2.45, 2.75) is 62.3 Å². The van der Waals surface area contributed by atoms with Gasteiger partial charge in [0, 0.05) is 18.0 Å². The summed E-state index contributed by atoms with van der Waals surface area (Å²) in [5.41, 5.74) is 0.269. The van der Waals surface area contributed by atoms with Gasteiger partial charge in [-0.05, 0) is 62.2 Å². The van der Waals surface area contributed by atoms with Gasteiger partial charge in [-0.2, -0.15) is 0 Å². The van der Waals surface area contributed by atoms with Crippen molar-refractivity contribution in [3.8, 4) is 5.75 Å². The van der Waals surface area contributed by atoms with Gasteiger partial charge < -0.3 is 29.5 Å². The van der Waals surface area contributed by atoms with Crippen LogP contribution in [0.25, 0.3) is 0 Å². The smallest absolute Gasteiger partial charge is 0.408 e. The summed E-state index contributed by atoms with van der Waals surface area (Å²) < 4.78 is 44.0. The number of benzene rings is 2. The molecule has 2 heterocycles. The van der Waals surface area contributed by atoms with Crippen LogP contribution in [0.3, 0.4) is 0 Å². The zero-order valence-corrected chi connectivity index (χ0v) is 24.4. The molecule has 0 radical (unpaired) electrons. The van der Waals surface area contributed by atoms with Crippen LogP contribution in [0.2, 0.25) is 0 Å². The number of ether oxygens (including phenoxy) is 3. The number of hydrogen-bond acceptors (Lipinski definition) is 9. The summed E-state index contributed by atoms with van der Waals surface area (Å²) in [7, 11) is -2.16. The molecule has 3 atom stereocenters. The lowest BCUT2D eigenvalue weighted by Crippen LogP contribution is -2.53. The molecule has 41 heavy (non-hydrogen) atoms. The number of aliphatic hydroxyl groups excluding tert-OH is 1. The Morgan fingerprint density at radius 1 is 1.12 bits per heavy atom. The minimum absolute atomic E-state index is 0.159. The fourth-order valence-corrected chi connectivity index (χ4v) is 6.35. The number of likely N-dealkylation sites (tertiary alicyclic amines) is 1. The topological polar surface area (TPSA) is 144 Å². The van der Waals surface area contributed by atoms with Gasteiger partial charge in [0.25, 0.3) is 0 Å². The molecule has 0 aliphatic carbocycles. The summed E-state index contributed by atoms with van der Waals surface area (Å²) in [6.07, 6.45) is -1.28. The summed E-state index contributed by atoms with van der Waals surface area (Å²) in [5, 5.41) is 14.0. The number of piperidine rings is 1. The highest BCUT2D eigenvalue weighted by atomic mass is 32.2. The molecule has 2 aliphatic rings. The lowest BCUT2D eigenvalue weighted by Gasteiger charge is -2.35. The molecule has 0 unspecified atom stereocenters. The summed E-state index contributed by atoms with van der Waals surface area (Å²) >= 11 is 0. The maximum Gasteiger partial charge on any atom is 0.408 e. The number of carbonyl (C=O) groups is 2. The van der Waals surface area contributed by atoms with Crippen molar-refractivity contribution >= 4 is 22.1 Å². The Morgan fingerprint density at radius 2 is 1.78 bits per heavy atom. The van der Waals surface area contributed by atoms with Crippen LogP contribution >= 0.6 is 0 Å². The van der Waals surface area contributed by atoms with E-state index in [1.807, 2.05) is 35.2 Å². The molecule has 2 aliphatic heterocycles. The van der Waals surface area contributed by atoms with E-state index in [1.54, 1.807) is 26.0 Å². The van der Waals surface area contributed by atoms with Crippen LogP contribution in [0.5, 0.6) is 5.75 Å². The normalized spacial score (nSPS) is 21.1. The molecule has 0 bridgehead atoms. The third-order valence-corrected chi connectivity index (χ3v) is 9.06. The second-order valence-electron chi connectivity index (χ2n) is 11.3. The predicted octanol–water partition coefficient (Wildman–Crippen LogP) is 2.09. The molecule has 2 fully saturated rings. The number of amides is 1. The summed E-state index contributed by atoms with van der Waals surface area (Å²) in [4.78, 5) is 27.1. The quantitative estimate of drug-likeness (QED) is 0.336. The third kappa shape index (κ3) is 8.19. The largest absolute Gasteiger partial charge is 0.497 e. The van der Waals surface area contributed by atoms with Gasteiger partial charge in [-0.3, -0.25) is 0 Å². The number of aliphatic hydroxyl groups is 1. The highest BCUT2D eigenvalue weighted by Crippen LogP contribution is 2.31. The van der Waals surface area contributed by atoms with Crippen LogP contribution in [0, 0.1) is 5.41 Å². The van der Waals surface area contributed by atoms with E-state index >= 15 is 0 Å². The first-order valence-electron chi connectivity index (χ1n) is 13.7. The lowest BCUT2D eigenvalue weighted by atomic mass is 9.90. The van der Waals surface area contributed by atoms with Crippen molar-refractivity contribution < 1.29 is 37.3 Å². The van der Waals surface area contributed by atoms with Crippen molar-refractivity contribution in [3.05, 3.63) is 60.2 Å². The molecular formula is C29H39N3O8S. The van der Waals surface area contributed by atoms with E-state index in [0.29, 0.717) is 38.1 Å². The highest BCUT2D eigenvalue weighted by molar-refractivity contribution is 7.89. The number of methoxy groups -OCH3 is 1. The number of esters is 1. The first-order valence-corrected chi connectivity index (χ1v) is 15.2. The average Bonchev–Trinajstić information content (AvgIpc) is 3.21. The Balaban J connectivity index is 1.33. The van der Waals surface area contributed by atoms with E-state index < -0.39 is 45.8 Å². The van der Waals surface area contributed by atoms with Gasteiger partial charge in [-0.15, -0.1) is 0 Å². The van der Waals surface area contributed by atoms with Gasteiger partial charge in [0.1, 0.15) is 12.4 Å². The SMILES string of the molecule is COc1ccc(S(=O)(=O)NC2CCN(C[C@@H](O)[C@H](Cc3ccccc3)NC(=O)O[C@H]3C(=O)OCC3(C)C)CC2)cc1. The molecule has 11 nitrogen and oxygen atoms in total. The summed E-state index contributed by atoms with van der Waals surface area (Å²) in [5.74, 6) is -0.00943. The van der Waals surface area contributed by atoms with Crippen molar-refractivity contribution in [3.63, 3.8) is 0 Å². The Bertz CT molecular complexity index is 1280. The van der Waals surface area contributed by atoms with Crippen LogP contribution in [0.15, 0.2) is 59.5 Å². The van der Waals surface area contributed by atoms with E-state index in [0.717, 1.165) is 5.56 Å². The molecule has 3 N–H and O–H groups in total. The molecule has 0 spiro atoms. The number of nitrogens with one attached hydrogen (secondary N) is 2. The standard InChI is InChI=1S/C29H39N3O8S/c1-29(2)19-39-27(34)26(29)40-28(35)30-24(17-20-7-5-4-6-8-20)25(33)18-32-15-13-21(14-16-32)31-41(36,37)23-11-9-22(38-3)10-12-23/h4-12,21,24-26,31,33H,13-19H2,1-3H3,(H,30,35)/t24-,25+,26-/m0/s1. The number of rotatable bonds is 11. The van der Waals surface area contributed by atoms with Crippen LogP contribution in [-0.2, 0) is 30.7 Å². The van der Waals surface area contributed by atoms with E-state index in [9.17, 15) is 23.1 Å². The Kier molecular flexibility index (Phi) is 9.90. The van der Waals surface area contributed by atoms with Crippen LogP contribution in [0.1, 0.15) is 32.3 Å². The second kappa shape index (κ2) is 13.2. The van der Waals surface area contributed by atoms with Crippen molar-refractivity contribution in [1.82, 2.24) is 14.9 Å². The first kappa shape index (κ1) is 30.8. The number of nitrogens with zero attached hydrogens (tertiary/aromatic N) is 1. The van der Waals surface area contributed by atoms with Gasteiger partial charge >= 0.3 is 12.1 Å². The zero-order chi connectivity index (χ0) is 29.6. The maximum absolute atomic E-state index is 12.8. The molecule has 2 aromatic carbocycles. The van der Waals surface area contributed by atoms with Crippen LogP contribution < -0.4 is 14.8 Å². The van der Waals surface area contributed by atoms with Gasteiger partial charge in [0.15, 0.2) is 0 Å². The maximum atomic E-state index is 12.8. The molecule has 4 rings (SSSR count). The van der Waals surface area contributed by atoms with E-state index in [-0.39, 0.29) is 24.1 Å². The van der Waals surface area contributed by atoms with Gasteiger partial charge in [-0.25, -0.2) is 22.7 Å². The highest BCUT2D eigenvalue weighted by Gasteiger charge is 2.47. The molecule has 12 heteroatoms. The van der Waals surface area contributed by atoms with Gasteiger partial charge in [-0.1, -0.05) is 44.2 Å². The predicted molar refractivity (Wildman–Crippen MR) is 151 cm³/mol. The summed E-state index contributed by atoms with van der Waals surface area (Å²) in [6.45, 7) is 5.13.